The molecule has 0 fully saturated rings. The van der Waals surface area contributed by atoms with Crippen molar-refractivity contribution in [3.63, 3.8) is 0 Å². The van der Waals surface area contributed by atoms with E-state index in [9.17, 15) is 0 Å². The fourth-order valence-electron chi connectivity index (χ4n) is 5.23. The monoisotopic (exact) mass is 562 g/mol. The van der Waals surface area contributed by atoms with E-state index >= 15 is 0 Å². The van der Waals surface area contributed by atoms with Crippen molar-refractivity contribution in [1.29, 1.82) is 0 Å². The van der Waals surface area contributed by atoms with Crippen LogP contribution in [0.3, 0.4) is 0 Å². The van der Waals surface area contributed by atoms with E-state index in [1.54, 1.807) is 19.5 Å². The Balaban J connectivity index is 1.58. The van der Waals surface area contributed by atoms with Crippen LogP contribution < -0.4 is 14.4 Å². The molecule has 0 radical (unpaired) electrons. The summed E-state index contributed by atoms with van der Waals surface area (Å²) >= 11 is 0. The molecule has 0 aliphatic heterocycles. The van der Waals surface area contributed by atoms with Gasteiger partial charge in [0.25, 0.3) is 0 Å². The van der Waals surface area contributed by atoms with Crippen molar-refractivity contribution in [2.45, 2.75) is 46.8 Å². The van der Waals surface area contributed by atoms with E-state index in [-0.39, 0.29) is 6.04 Å². The number of rotatable bonds is 10. The Morgan fingerprint density at radius 1 is 0.952 bits per heavy atom. The van der Waals surface area contributed by atoms with Gasteiger partial charge in [-0.2, -0.15) is 5.10 Å². The van der Waals surface area contributed by atoms with E-state index in [2.05, 4.69) is 51.6 Å². The average molecular weight is 563 g/mol. The fourth-order valence-corrected chi connectivity index (χ4v) is 5.23. The molecule has 42 heavy (non-hydrogen) atoms. The van der Waals surface area contributed by atoms with E-state index < -0.39 is 0 Å². The van der Waals surface area contributed by atoms with Gasteiger partial charge >= 0.3 is 0 Å². The molecular weight excluding hydrogens is 528 g/mol. The number of pyridine rings is 2. The Kier molecular flexibility index (Phi) is 7.43. The quantitative estimate of drug-likeness (QED) is 0.199. The number of hydrogen-bond acceptors (Lipinski definition) is 8. The smallest absolute Gasteiger partial charge is 0.222 e. The molecule has 5 aromatic heterocycles. The zero-order chi connectivity index (χ0) is 29.2. The summed E-state index contributed by atoms with van der Waals surface area (Å²) in [7, 11) is 1.68. The molecule has 0 aliphatic carbocycles. The van der Waals surface area contributed by atoms with Crippen LogP contribution in [0.15, 0.2) is 73.3 Å². The van der Waals surface area contributed by atoms with Crippen molar-refractivity contribution in [2.24, 2.45) is 0 Å². The number of aromatic nitrogens is 7. The molecule has 6 aromatic rings. The van der Waals surface area contributed by atoms with E-state index in [0.29, 0.717) is 25.6 Å². The topological polar surface area (TPSA) is 95.5 Å². The van der Waals surface area contributed by atoms with Gasteiger partial charge in [-0.15, -0.1) is 0 Å². The third-order valence-corrected chi connectivity index (χ3v) is 7.22. The molecule has 0 bridgehead atoms. The van der Waals surface area contributed by atoms with Crippen LogP contribution >= 0.6 is 0 Å². The van der Waals surface area contributed by atoms with Crippen LogP contribution in [0, 0.1) is 6.92 Å². The summed E-state index contributed by atoms with van der Waals surface area (Å²) in [5.74, 6) is 2.24. The molecule has 0 amide bonds. The van der Waals surface area contributed by atoms with E-state index in [0.717, 1.165) is 56.5 Å². The number of ether oxygens (including phenoxy) is 2. The van der Waals surface area contributed by atoms with Gasteiger partial charge in [-0.3, -0.25) is 9.08 Å². The predicted molar refractivity (Wildman–Crippen MR) is 163 cm³/mol. The Hall–Kier alpha value is -4.99. The standard InChI is InChI=1S/C32H34N8O2/c1-6-42-32-25(8-7-14-35-32)26-18-27(31-30(36-26)22(4)37-40(31)21(2)3)38(19-23-9-11-24(41-5)12-10-23)20-29-33-15-13-28-34-16-17-39(28)29/h7-18,21H,6,19-20H2,1-5H3. The highest BCUT2D eigenvalue weighted by atomic mass is 16.5. The second-order valence-corrected chi connectivity index (χ2v) is 10.4. The molecule has 10 nitrogen and oxygen atoms in total. The van der Waals surface area contributed by atoms with Crippen molar-refractivity contribution in [3.05, 3.63) is 90.4 Å². The lowest BCUT2D eigenvalue weighted by atomic mass is 10.1. The number of benzene rings is 1. The summed E-state index contributed by atoms with van der Waals surface area (Å²) in [5.41, 5.74) is 7.25. The fraction of sp³-hybridized carbons (Fsp3) is 0.281. The van der Waals surface area contributed by atoms with Crippen molar-refractivity contribution in [1.82, 2.24) is 34.1 Å². The third-order valence-electron chi connectivity index (χ3n) is 7.22. The maximum Gasteiger partial charge on any atom is 0.222 e. The number of methoxy groups -OCH3 is 1. The van der Waals surface area contributed by atoms with Gasteiger partial charge in [-0.25, -0.2) is 19.9 Å². The van der Waals surface area contributed by atoms with Gasteiger partial charge in [0, 0.05) is 37.4 Å². The number of fused-ring (bicyclic) bond motifs is 2. The highest BCUT2D eigenvalue weighted by molar-refractivity contribution is 5.93. The second kappa shape index (κ2) is 11.5. The highest BCUT2D eigenvalue weighted by Gasteiger charge is 2.24. The largest absolute Gasteiger partial charge is 0.497 e. The molecule has 0 unspecified atom stereocenters. The average Bonchev–Trinajstić information content (AvgIpc) is 3.62. The Labute approximate surface area is 244 Å². The van der Waals surface area contributed by atoms with Crippen LogP contribution in [-0.2, 0) is 13.1 Å². The summed E-state index contributed by atoms with van der Waals surface area (Å²) in [5, 5.41) is 4.94. The van der Waals surface area contributed by atoms with Gasteiger partial charge in [0.05, 0.1) is 42.9 Å². The maximum atomic E-state index is 5.91. The normalized spacial score (nSPS) is 11.5. The zero-order valence-electron chi connectivity index (χ0n) is 24.5. The van der Waals surface area contributed by atoms with E-state index in [4.69, 9.17) is 24.5 Å². The summed E-state index contributed by atoms with van der Waals surface area (Å²) in [6.07, 6.45) is 7.29. The SMILES string of the molecule is CCOc1ncccc1-c1cc(N(Cc2ccc(OC)cc2)Cc2nccc3nccn23)c2c(n1)c(C)nn2C(C)C. The second-order valence-electron chi connectivity index (χ2n) is 10.4. The van der Waals surface area contributed by atoms with Gasteiger partial charge in [-0.1, -0.05) is 12.1 Å². The molecule has 0 aliphatic rings. The van der Waals surface area contributed by atoms with Crippen molar-refractivity contribution >= 4 is 22.4 Å². The predicted octanol–water partition coefficient (Wildman–Crippen LogP) is 6.04. The van der Waals surface area contributed by atoms with Crippen LogP contribution in [0.2, 0.25) is 0 Å². The molecule has 6 rings (SSSR count). The number of imidazole rings is 1. The van der Waals surface area contributed by atoms with Gasteiger partial charge < -0.3 is 14.4 Å². The minimum atomic E-state index is 0.128. The molecule has 214 valence electrons. The molecule has 5 heterocycles. The van der Waals surface area contributed by atoms with Crippen LogP contribution in [0.1, 0.15) is 43.9 Å². The number of nitrogens with zero attached hydrogens (tertiary/aromatic N) is 8. The first-order valence-corrected chi connectivity index (χ1v) is 14.1. The minimum absolute atomic E-state index is 0.128. The Morgan fingerprint density at radius 2 is 1.79 bits per heavy atom. The van der Waals surface area contributed by atoms with E-state index in [1.807, 2.05) is 61.0 Å². The maximum absolute atomic E-state index is 5.91. The van der Waals surface area contributed by atoms with Gasteiger partial charge in [0.2, 0.25) is 5.88 Å². The zero-order valence-corrected chi connectivity index (χ0v) is 24.5. The summed E-state index contributed by atoms with van der Waals surface area (Å²) in [6.45, 7) is 9.88. The minimum Gasteiger partial charge on any atom is -0.497 e. The Bertz CT molecular complexity index is 1840. The summed E-state index contributed by atoms with van der Waals surface area (Å²) in [4.78, 5) is 21.2. The van der Waals surface area contributed by atoms with Gasteiger partial charge in [0.15, 0.2) is 0 Å². The molecule has 0 spiro atoms. The van der Waals surface area contributed by atoms with Crippen LogP contribution in [0.4, 0.5) is 5.69 Å². The van der Waals surface area contributed by atoms with Gasteiger partial charge in [-0.05, 0) is 69.7 Å². The molecule has 0 atom stereocenters. The number of aryl methyl sites for hydroxylation is 1. The molecular formula is C32H34N8O2. The lowest BCUT2D eigenvalue weighted by Gasteiger charge is -2.27. The molecule has 0 saturated heterocycles. The molecule has 0 N–H and O–H groups in total. The third kappa shape index (κ3) is 5.11. The lowest BCUT2D eigenvalue weighted by molar-refractivity contribution is 0.328. The molecule has 10 heteroatoms. The first-order chi connectivity index (χ1) is 20.5. The Morgan fingerprint density at radius 3 is 2.55 bits per heavy atom. The first kappa shape index (κ1) is 27.2. The molecule has 0 saturated carbocycles. The summed E-state index contributed by atoms with van der Waals surface area (Å²) in [6, 6.07) is 16.2. The van der Waals surface area contributed by atoms with E-state index in [1.165, 1.54) is 0 Å². The van der Waals surface area contributed by atoms with Crippen LogP contribution in [0.25, 0.3) is 27.9 Å². The van der Waals surface area contributed by atoms with Crippen molar-refractivity contribution in [3.8, 4) is 22.9 Å². The van der Waals surface area contributed by atoms with Crippen molar-refractivity contribution in [2.75, 3.05) is 18.6 Å². The van der Waals surface area contributed by atoms with Crippen molar-refractivity contribution < 1.29 is 9.47 Å². The van der Waals surface area contributed by atoms with Crippen LogP contribution in [0.5, 0.6) is 11.6 Å². The molecule has 1 aromatic carbocycles. The number of hydrogen-bond donors (Lipinski definition) is 0. The van der Waals surface area contributed by atoms with Gasteiger partial charge in [0.1, 0.15) is 28.3 Å². The first-order valence-electron chi connectivity index (χ1n) is 14.1. The lowest BCUT2D eigenvalue weighted by Crippen LogP contribution is -2.25. The van der Waals surface area contributed by atoms with Crippen LogP contribution in [-0.4, -0.2) is 47.8 Å². The number of anilines is 1. The summed E-state index contributed by atoms with van der Waals surface area (Å²) < 4.78 is 15.4. The highest BCUT2D eigenvalue weighted by Crippen LogP contribution is 2.37.